The summed E-state index contributed by atoms with van der Waals surface area (Å²) in [5.74, 6) is 0.473. The molecule has 8 nitrogen and oxygen atoms in total. The van der Waals surface area contributed by atoms with Crippen LogP contribution in [0.3, 0.4) is 0 Å². The predicted molar refractivity (Wildman–Crippen MR) is 136 cm³/mol. The van der Waals surface area contributed by atoms with Gasteiger partial charge in [0.05, 0.1) is 17.8 Å². The predicted octanol–water partition coefficient (Wildman–Crippen LogP) is 2.70. The average Bonchev–Trinajstić information content (AvgIpc) is 3.56. The van der Waals surface area contributed by atoms with E-state index >= 15 is 0 Å². The molecule has 4 aliphatic carbocycles. The Bertz CT molecular complexity index is 1000. The Hall–Kier alpha value is -1.64. The third-order valence-electron chi connectivity index (χ3n) is 12.3. The van der Waals surface area contributed by atoms with E-state index in [4.69, 9.17) is 4.74 Å². The first-order valence-corrected chi connectivity index (χ1v) is 14.5. The Morgan fingerprint density at radius 1 is 1.08 bits per heavy atom. The number of aliphatic hydroxyl groups excluding tert-OH is 2. The van der Waals surface area contributed by atoms with Crippen LogP contribution in [0.2, 0.25) is 0 Å². The Morgan fingerprint density at radius 2 is 1.86 bits per heavy atom. The van der Waals surface area contributed by atoms with E-state index in [1.54, 1.807) is 11.0 Å². The van der Waals surface area contributed by atoms with Gasteiger partial charge in [-0.25, -0.2) is 9.59 Å². The fourth-order valence-electron chi connectivity index (χ4n) is 10.0. The average molecular weight is 517 g/mol. The first kappa shape index (κ1) is 25.6. The zero-order valence-corrected chi connectivity index (χ0v) is 22.6. The molecule has 6 rings (SSSR count). The Balaban J connectivity index is 1.21. The molecule has 0 aromatic carbocycles. The molecule has 10 atom stereocenters. The van der Waals surface area contributed by atoms with E-state index in [1.165, 1.54) is 0 Å². The number of cyclic esters (lactones) is 1. The molecule has 8 heteroatoms. The quantitative estimate of drug-likeness (QED) is 0.487. The largest absolute Gasteiger partial charge is 0.458 e. The number of fused-ring (bicyclic) bond motifs is 5. The summed E-state index contributed by atoms with van der Waals surface area (Å²) in [6.07, 6.45) is 8.13. The van der Waals surface area contributed by atoms with E-state index in [0.29, 0.717) is 38.3 Å². The van der Waals surface area contributed by atoms with Crippen molar-refractivity contribution < 1.29 is 29.6 Å². The third kappa shape index (κ3) is 3.57. The number of hydrogen-bond donors (Lipinski definition) is 3. The number of β-amino-alcohol motifs (C(OH)–C–C–N with tert-alkyl or cyclic N) is 1. The van der Waals surface area contributed by atoms with Gasteiger partial charge in [-0.05, 0) is 92.4 Å². The van der Waals surface area contributed by atoms with E-state index < -0.39 is 23.2 Å². The summed E-state index contributed by atoms with van der Waals surface area (Å²) in [5.41, 5.74) is -0.684. The van der Waals surface area contributed by atoms with Crippen LogP contribution in [-0.4, -0.2) is 87.7 Å². The highest BCUT2D eigenvalue weighted by Crippen LogP contribution is 2.70. The molecule has 2 amide bonds. The van der Waals surface area contributed by atoms with Crippen LogP contribution < -0.4 is 0 Å². The topological polar surface area (TPSA) is 111 Å². The lowest BCUT2D eigenvalue weighted by atomic mass is 9.42. The summed E-state index contributed by atoms with van der Waals surface area (Å²) < 4.78 is 5.21. The van der Waals surface area contributed by atoms with Gasteiger partial charge in [0.1, 0.15) is 6.61 Å². The zero-order chi connectivity index (χ0) is 26.3. The summed E-state index contributed by atoms with van der Waals surface area (Å²) in [7, 11) is 1.91. The highest BCUT2D eigenvalue weighted by atomic mass is 16.5. The number of carbonyl (C=O) groups excluding carboxylic acids is 2. The van der Waals surface area contributed by atoms with Gasteiger partial charge in [0.15, 0.2) is 0 Å². The van der Waals surface area contributed by atoms with E-state index in [1.807, 2.05) is 11.9 Å². The molecule has 5 fully saturated rings. The van der Waals surface area contributed by atoms with Crippen molar-refractivity contribution in [3.63, 3.8) is 0 Å². The molecule has 1 unspecified atom stereocenters. The number of hydrogen-bond acceptors (Lipinski definition) is 6. The van der Waals surface area contributed by atoms with Gasteiger partial charge in [-0.3, -0.25) is 0 Å². The number of esters is 1. The number of rotatable bonds is 2. The fourth-order valence-corrected chi connectivity index (χ4v) is 10.0. The maximum atomic E-state index is 13.1. The van der Waals surface area contributed by atoms with Crippen LogP contribution in [0.25, 0.3) is 0 Å². The SMILES string of the molecule is CN(C(=O)N1CCC(O)C1)[C@H]1CC[C@@]2(C)[C@H](CC[C@@H]3[C@@H]2C[C@@H](O)[C@]2(C)[C@@H](C4=CC(=O)OC4)CC[C@]32O)C1. The summed E-state index contributed by atoms with van der Waals surface area (Å²) >= 11 is 0. The number of urea groups is 1. The van der Waals surface area contributed by atoms with Crippen LogP contribution in [0.1, 0.15) is 71.6 Å². The molecule has 0 aromatic heterocycles. The lowest BCUT2D eigenvalue weighted by Crippen LogP contribution is -2.67. The molecule has 0 aromatic rings. The second-order valence-corrected chi connectivity index (χ2v) is 13.6. The van der Waals surface area contributed by atoms with Gasteiger partial charge in [-0.15, -0.1) is 0 Å². The van der Waals surface area contributed by atoms with Crippen LogP contribution in [0, 0.1) is 34.5 Å². The molecule has 0 bridgehead atoms. The molecule has 3 N–H and O–H groups in total. The van der Waals surface area contributed by atoms with E-state index in [-0.39, 0.29) is 47.8 Å². The van der Waals surface area contributed by atoms with Crippen molar-refractivity contribution in [2.75, 3.05) is 26.7 Å². The lowest BCUT2D eigenvalue weighted by Gasteiger charge is -2.65. The smallest absolute Gasteiger partial charge is 0.331 e. The number of likely N-dealkylation sites (tertiary alicyclic amines) is 1. The first-order chi connectivity index (χ1) is 17.5. The second-order valence-electron chi connectivity index (χ2n) is 13.6. The lowest BCUT2D eigenvalue weighted by molar-refractivity contribution is -0.243. The first-order valence-electron chi connectivity index (χ1n) is 14.5. The van der Waals surface area contributed by atoms with Gasteiger partial charge in [0.2, 0.25) is 0 Å². The monoisotopic (exact) mass is 516 g/mol. The Labute approximate surface area is 220 Å². The van der Waals surface area contributed by atoms with Gasteiger partial charge >= 0.3 is 12.0 Å². The summed E-state index contributed by atoms with van der Waals surface area (Å²) in [5, 5.41) is 34.0. The number of ether oxygens (including phenoxy) is 1. The highest BCUT2D eigenvalue weighted by molar-refractivity contribution is 5.85. The van der Waals surface area contributed by atoms with Crippen LogP contribution in [-0.2, 0) is 9.53 Å². The van der Waals surface area contributed by atoms with E-state index in [2.05, 4.69) is 13.8 Å². The number of carbonyl (C=O) groups is 2. The highest BCUT2D eigenvalue weighted by Gasteiger charge is 2.70. The summed E-state index contributed by atoms with van der Waals surface area (Å²) in [4.78, 5) is 28.6. The van der Waals surface area contributed by atoms with Crippen molar-refractivity contribution in [2.45, 2.75) is 95.5 Å². The van der Waals surface area contributed by atoms with Crippen molar-refractivity contribution in [3.05, 3.63) is 11.6 Å². The maximum absolute atomic E-state index is 13.1. The molecule has 6 aliphatic rings. The Morgan fingerprint density at radius 3 is 2.54 bits per heavy atom. The van der Waals surface area contributed by atoms with Gasteiger partial charge in [-0.2, -0.15) is 0 Å². The molecular weight excluding hydrogens is 472 g/mol. The van der Waals surface area contributed by atoms with Crippen LogP contribution >= 0.6 is 0 Å². The molecule has 0 radical (unpaired) electrons. The molecule has 0 spiro atoms. The summed E-state index contributed by atoms with van der Waals surface area (Å²) in [6.45, 7) is 5.75. The number of amides is 2. The van der Waals surface area contributed by atoms with Gasteiger partial charge in [0, 0.05) is 37.7 Å². The molecule has 37 heavy (non-hydrogen) atoms. The van der Waals surface area contributed by atoms with Crippen molar-refractivity contribution in [2.24, 2.45) is 34.5 Å². The minimum atomic E-state index is -0.958. The van der Waals surface area contributed by atoms with Crippen LogP contribution in [0.4, 0.5) is 4.79 Å². The Kier molecular flexibility index (Phi) is 6.01. The molecule has 4 saturated carbocycles. The van der Waals surface area contributed by atoms with E-state index in [9.17, 15) is 24.9 Å². The molecule has 206 valence electrons. The van der Waals surface area contributed by atoms with E-state index in [0.717, 1.165) is 44.1 Å². The van der Waals surface area contributed by atoms with Gasteiger partial charge in [0.25, 0.3) is 0 Å². The van der Waals surface area contributed by atoms with Crippen molar-refractivity contribution in [1.82, 2.24) is 9.80 Å². The molecule has 2 aliphatic heterocycles. The van der Waals surface area contributed by atoms with Crippen LogP contribution in [0.15, 0.2) is 11.6 Å². The van der Waals surface area contributed by atoms with Crippen molar-refractivity contribution in [1.29, 1.82) is 0 Å². The standard InChI is InChI=1S/C29H44N2O6/c1-27-9-6-19(30(3)26(35)31-11-8-20(32)15-31)13-18(27)4-5-22-23(27)14-24(33)28(2)21(7-10-29(22,28)36)17-12-25(34)37-16-17/h12,18-24,32-33,36H,4-11,13-16H2,1-3H3/t18-,19+,20?,21-,22-,23+,24-,27+,28+,29+/m1/s1. The minimum absolute atomic E-state index is 0.0228. The normalized spacial score (nSPS) is 49.1. The number of aliphatic hydroxyl groups is 3. The number of nitrogens with zero attached hydrogens (tertiary/aromatic N) is 2. The second kappa shape index (κ2) is 8.68. The molecule has 2 heterocycles. The van der Waals surface area contributed by atoms with Gasteiger partial charge in [-0.1, -0.05) is 13.8 Å². The van der Waals surface area contributed by atoms with Crippen molar-refractivity contribution in [3.8, 4) is 0 Å². The third-order valence-corrected chi connectivity index (χ3v) is 12.3. The summed E-state index contributed by atoms with van der Waals surface area (Å²) in [6, 6.07) is 0.210. The molecule has 1 saturated heterocycles. The van der Waals surface area contributed by atoms with Crippen molar-refractivity contribution >= 4 is 12.0 Å². The zero-order valence-electron chi connectivity index (χ0n) is 22.6. The molecular formula is C29H44N2O6. The van der Waals surface area contributed by atoms with Crippen LogP contribution in [0.5, 0.6) is 0 Å². The van der Waals surface area contributed by atoms with Gasteiger partial charge < -0.3 is 29.9 Å². The fraction of sp³-hybridized carbons (Fsp3) is 0.862. The minimum Gasteiger partial charge on any atom is -0.458 e. The maximum Gasteiger partial charge on any atom is 0.331 e.